The molecular formula is C15H12BrF4N. The van der Waals surface area contributed by atoms with Crippen LogP contribution < -0.4 is 5.32 Å². The predicted molar refractivity (Wildman–Crippen MR) is 75.9 cm³/mol. The number of nitrogens with one attached hydrogen (secondary N) is 1. The van der Waals surface area contributed by atoms with Crippen LogP contribution in [-0.4, -0.2) is 6.54 Å². The molecule has 0 aliphatic rings. The fourth-order valence-electron chi connectivity index (χ4n) is 2.16. The van der Waals surface area contributed by atoms with Gasteiger partial charge in [0, 0.05) is 22.2 Å². The maximum atomic E-state index is 13.9. The summed E-state index contributed by atoms with van der Waals surface area (Å²) in [4.78, 5) is 0. The van der Waals surface area contributed by atoms with Gasteiger partial charge < -0.3 is 5.32 Å². The molecule has 1 atom stereocenters. The van der Waals surface area contributed by atoms with E-state index >= 15 is 0 Å². The summed E-state index contributed by atoms with van der Waals surface area (Å²) >= 11 is 3.14. The summed E-state index contributed by atoms with van der Waals surface area (Å²) in [6, 6.07) is 4.28. The molecule has 1 unspecified atom stereocenters. The van der Waals surface area contributed by atoms with Gasteiger partial charge in [0.2, 0.25) is 0 Å². The Morgan fingerprint density at radius 3 is 2.05 bits per heavy atom. The third kappa shape index (κ3) is 3.63. The molecular weight excluding hydrogens is 350 g/mol. The van der Waals surface area contributed by atoms with E-state index in [0.29, 0.717) is 28.7 Å². The van der Waals surface area contributed by atoms with E-state index in [0.717, 1.165) is 0 Å². The van der Waals surface area contributed by atoms with Crippen LogP contribution in [0.2, 0.25) is 0 Å². The Labute approximate surface area is 128 Å². The molecule has 0 heterocycles. The van der Waals surface area contributed by atoms with Gasteiger partial charge in [-0.25, -0.2) is 17.6 Å². The Kier molecular flexibility index (Phi) is 5.00. The Balaban J connectivity index is 2.58. The number of hydrogen-bond donors (Lipinski definition) is 1. The summed E-state index contributed by atoms with van der Waals surface area (Å²) < 4.78 is 54.9. The zero-order chi connectivity index (χ0) is 15.6. The number of rotatable bonds is 4. The highest BCUT2D eigenvalue weighted by molar-refractivity contribution is 9.10. The normalized spacial score (nSPS) is 12.5. The van der Waals surface area contributed by atoms with Gasteiger partial charge in [0.25, 0.3) is 0 Å². The van der Waals surface area contributed by atoms with Gasteiger partial charge in [-0.1, -0.05) is 22.9 Å². The van der Waals surface area contributed by atoms with Crippen molar-refractivity contribution >= 4 is 15.9 Å². The Hall–Kier alpha value is -1.40. The molecule has 1 N–H and O–H groups in total. The number of hydrogen-bond acceptors (Lipinski definition) is 1. The van der Waals surface area contributed by atoms with Crippen molar-refractivity contribution in [3.05, 3.63) is 69.2 Å². The van der Waals surface area contributed by atoms with Gasteiger partial charge in [-0.2, -0.15) is 0 Å². The highest BCUT2D eigenvalue weighted by Crippen LogP contribution is 2.30. The molecule has 0 bridgehead atoms. The average Bonchev–Trinajstić information content (AvgIpc) is 2.35. The van der Waals surface area contributed by atoms with E-state index < -0.39 is 29.3 Å². The maximum Gasteiger partial charge on any atom is 0.134 e. The van der Waals surface area contributed by atoms with Crippen LogP contribution >= 0.6 is 15.9 Å². The molecule has 0 saturated heterocycles. The van der Waals surface area contributed by atoms with Gasteiger partial charge in [-0.15, -0.1) is 0 Å². The SMILES string of the molecule is CCNC(c1cc(F)cc(Br)c1)c1c(F)cc(F)cc1F. The monoisotopic (exact) mass is 361 g/mol. The smallest absolute Gasteiger partial charge is 0.134 e. The lowest BCUT2D eigenvalue weighted by Crippen LogP contribution is -2.24. The predicted octanol–water partition coefficient (Wildman–Crippen LogP) is 4.70. The minimum atomic E-state index is -1.01. The summed E-state index contributed by atoms with van der Waals surface area (Å²) in [5.74, 6) is -3.56. The van der Waals surface area contributed by atoms with Gasteiger partial charge >= 0.3 is 0 Å². The molecule has 0 saturated carbocycles. The van der Waals surface area contributed by atoms with E-state index in [1.165, 1.54) is 12.1 Å². The largest absolute Gasteiger partial charge is 0.306 e. The van der Waals surface area contributed by atoms with Crippen LogP contribution in [-0.2, 0) is 0 Å². The van der Waals surface area contributed by atoms with E-state index in [1.54, 1.807) is 13.0 Å². The second-order valence-corrected chi connectivity index (χ2v) is 5.39. The highest BCUT2D eigenvalue weighted by Gasteiger charge is 2.23. The van der Waals surface area contributed by atoms with Gasteiger partial charge in [-0.05, 0) is 30.3 Å². The molecule has 0 spiro atoms. The minimum Gasteiger partial charge on any atom is -0.306 e. The van der Waals surface area contributed by atoms with Crippen LogP contribution in [0, 0.1) is 23.3 Å². The molecule has 0 aromatic heterocycles. The number of benzene rings is 2. The summed E-state index contributed by atoms with van der Waals surface area (Å²) in [6.07, 6.45) is 0. The second kappa shape index (κ2) is 6.58. The van der Waals surface area contributed by atoms with Crippen molar-refractivity contribution in [1.29, 1.82) is 0 Å². The van der Waals surface area contributed by atoms with Crippen LogP contribution in [0.4, 0.5) is 17.6 Å². The first kappa shape index (κ1) is 16.0. The Bertz CT molecular complexity index is 617. The molecule has 2 aromatic carbocycles. The van der Waals surface area contributed by atoms with E-state index in [4.69, 9.17) is 0 Å². The molecule has 2 rings (SSSR count). The fraction of sp³-hybridized carbons (Fsp3) is 0.200. The summed E-state index contributed by atoms with van der Waals surface area (Å²) in [5.41, 5.74) is 0.00360. The van der Waals surface area contributed by atoms with Crippen LogP contribution in [0.25, 0.3) is 0 Å². The molecule has 21 heavy (non-hydrogen) atoms. The molecule has 112 valence electrons. The molecule has 0 aliphatic heterocycles. The molecule has 6 heteroatoms. The summed E-state index contributed by atoms with van der Waals surface area (Å²) in [6.45, 7) is 2.15. The number of halogens is 5. The highest BCUT2D eigenvalue weighted by atomic mass is 79.9. The first-order valence-corrected chi connectivity index (χ1v) is 7.05. The maximum absolute atomic E-state index is 13.9. The quantitative estimate of drug-likeness (QED) is 0.778. The Morgan fingerprint density at radius 2 is 1.52 bits per heavy atom. The van der Waals surface area contributed by atoms with Crippen molar-refractivity contribution in [3.8, 4) is 0 Å². The van der Waals surface area contributed by atoms with Crippen molar-refractivity contribution in [2.45, 2.75) is 13.0 Å². The van der Waals surface area contributed by atoms with E-state index in [9.17, 15) is 17.6 Å². The van der Waals surface area contributed by atoms with E-state index in [1.807, 2.05) is 0 Å². The first-order chi connectivity index (χ1) is 9.92. The summed E-state index contributed by atoms with van der Waals surface area (Å²) in [7, 11) is 0. The second-order valence-electron chi connectivity index (χ2n) is 4.48. The lowest BCUT2D eigenvalue weighted by atomic mass is 9.97. The molecule has 1 nitrogen and oxygen atoms in total. The van der Waals surface area contributed by atoms with Crippen molar-refractivity contribution in [1.82, 2.24) is 5.32 Å². The topological polar surface area (TPSA) is 12.0 Å². The lowest BCUT2D eigenvalue weighted by Gasteiger charge is -2.20. The standard InChI is InChI=1S/C15H12BrF4N/c1-2-21-15(8-3-9(16)5-10(17)4-8)14-12(19)6-11(18)7-13(14)20/h3-7,15,21H,2H2,1H3. The molecule has 0 radical (unpaired) electrons. The summed E-state index contributed by atoms with van der Waals surface area (Å²) in [5, 5.41) is 2.88. The van der Waals surface area contributed by atoms with Crippen molar-refractivity contribution < 1.29 is 17.6 Å². The molecule has 0 aliphatic carbocycles. The van der Waals surface area contributed by atoms with Crippen LogP contribution in [0.1, 0.15) is 24.1 Å². The molecule has 0 amide bonds. The average molecular weight is 362 g/mol. The first-order valence-electron chi connectivity index (χ1n) is 6.26. The minimum absolute atomic E-state index is 0.337. The Morgan fingerprint density at radius 1 is 0.952 bits per heavy atom. The van der Waals surface area contributed by atoms with Crippen molar-refractivity contribution in [2.75, 3.05) is 6.54 Å². The molecule has 0 fully saturated rings. The van der Waals surface area contributed by atoms with Gasteiger partial charge in [0.15, 0.2) is 0 Å². The van der Waals surface area contributed by atoms with E-state index in [2.05, 4.69) is 21.2 Å². The van der Waals surface area contributed by atoms with Crippen LogP contribution in [0.5, 0.6) is 0 Å². The third-order valence-corrected chi connectivity index (χ3v) is 3.42. The van der Waals surface area contributed by atoms with Gasteiger partial charge in [0.1, 0.15) is 23.3 Å². The van der Waals surface area contributed by atoms with E-state index in [-0.39, 0.29) is 5.56 Å². The zero-order valence-electron chi connectivity index (χ0n) is 11.1. The van der Waals surface area contributed by atoms with Crippen molar-refractivity contribution in [2.24, 2.45) is 0 Å². The third-order valence-electron chi connectivity index (χ3n) is 2.96. The van der Waals surface area contributed by atoms with Gasteiger partial charge in [0.05, 0.1) is 6.04 Å². The lowest BCUT2D eigenvalue weighted by molar-refractivity contribution is 0.490. The van der Waals surface area contributed by atoms with Crippen LogP contribution in [0.3, 0.4) is 0 Å². The zero-order valence-corrected chi connectivity index (χ0v) is 12.6. The van der Waals surface area contributed by atoms with Crippen LogP contribution in [0.15, 0.2) is 34.8 Å². The fourth-order valence-corrected chi connectivity index (χ4v) is 2.64. The molecule has 2 aromatic rings. The van der Waals surface area contributed by atoms with Gasteiger partial charge in [-0.3, -0.25) is 0 Å². The van der Waals surface area contributed by atoms with Crippen molar-refractivity contribution in [3.63, 3.8) is 0 Å².